The van der Waals surface area contributed by atoms with Crippen molar-refractivity contribution >= 4 is 23.0 Å². The van der Waals surface area contributed by atoms with Gasteiger partial charge in [-0.05, 0) is 42.8 Å². The Balaban J connectivity index is 1.83. The van der Waals surface area contributed by atoms with Gasteiger partial charge in [0.25, 0.3) is 5.91 Å². The molecule has 3 aromatic carbocycles. The fourth-order valence-electron chi connectivity index (χ4n) is 2.29. The van der Waals surface area contributed by atoms with Crippen LogP contribution >= 0.6 is 0 Å². The molecule has 1 amide bonds. The number of nitrogens with zero attached hydrogens (tertiary/aromatic N) is 2. The number of benzene rings is 3. The summed E-state index contributed by atoms with van der Waals surface area (Å²) in [6.45, 7) is 1.91. The van der Waals surface area contributed by atoms with Crippen molar-refractivity contribution in [3.63, 3.8) is 0 Å². The highest BCUT2D eigenvalue weighted by Gasteiger charge is 2.10. The molecule has 0 radical (unpaired) electrons. The van der Waals surface area contributed by atoms with Crippen molar-refractivity contribution in [2.24, 2.45) is 10.2 Å². The predicted octanol–water partition coefficient (Wildman–Crippen LogP) is 5.66. The van der Waals surface area contributed by atoms with Gasteiger partial charge in [0.15, 0.2) is 0 Å². The second-order valence-electron chi connectivity index (χ2n) is 5.32. The Morgan fingerprint density at radius 3 is 2.25 bits per heavy atom. The first-order valence-corrected chi connectivity index (χ1v) is 7.67. The second-order valence-corrected chi connectivity index (χ2v) is 5.32. The largest absolute Gasteiger partial charge is 0.320 e. The summed E-state index contributed by atoms with van der Waals surface area (Å²) in [7, 11) is 0. The van der Waals surface area contributed by atoms with E-state index in [0.29, 0.717) is 16.9 Å². The maximum atomic E-state index is 12.5. The zero-order valence-corrected chi connectivity index (χ0v) is 13.3. The Kier molecular flexibility index (Phi) is 4.77. The standard InChI is InChI=1S/C20H17N3O/c1-15-9-5-6-12-17(15)20(24)21-18-13-7-8-14-19(18)23-22-16-10-3-2-4-11-16/h2-14H,1H3,(H,21,24). The van der Waals surface area contributed by atoms with Crippen LogP contribution in [0.5, 0.6) is 0 Å². The molecule has 3 rings (SSSR count). The zero-order valence-electron chi connectivity index (χ0n) is 13.3. The number of anilines is 1. The van der Waals surface area contributed by atoms with Gasteiger partial charge in [0.05, 0.1) is 11.4 Å². The van der Waals surface area contributed by atoms with Crippen LogP contribution in [0.15, 0.2) is 89.1 Å². The van der Waals surface area contributed by atoms with Crippen LogP contribution in [0.25, 0.3) is 0 Å². The van der Waals surface area contributed by atoms with Crippen LogP contribution in [0.2, 0.25) is 0 Å². The number of azo groups is 1. The number of para-hydroxylation sites is 1. The number of hydrogen-bond donors (Lipinski definition) is 1. The Morgan fingerprint density at radius 1 is 0.792 bits per heavy atom. The molecule has 0 aliphatic carbocycles. The number of amides is 1. The molecule has 0 fully saturated rings. The summed E-state index contributed by atoms with van der Waals surface area (Å²) in [5.74, 6) is -0.157. The number of aryl methyl sites for hydroxylation is 1. The lowest BCUT2D eigenvalue weighted by atomic mass is 10.1. The molecule has 0 bridgehead atoms. The smallest absolute Gasteiger partial charge is 0.255 e. The van der Waals surface area contributed by atoms with Crippen molar-refractivity contribution in [2.45, 2.75) is 6.92 Å². The number of rotatable bonds is 4. The predicted molar refractivity (Wildman–Crippen MR) is 96.2 cm³/mol. The summed E-state index contributed by atoms with van der Waals surface area (Å²) in [6.07, 6.45) is 0. The molecule has 0 spiro atoms. The minimum Gasteiger partial charge on any atom is -0.320 e. The molecule has 0 heterocycles. The van der Waals surface area contributed by atoms with Crippen LogP contribution in [0.4, 0.5) is 17.1 Å². The van der Waals surface area contributed by atoms with Crippen LogP contribution in [0.3, 0.4) is 0 Å². The molecule has 4 heteroatoms. The SMILES string of the molecule is Cc1ccccc1C(=O)Nc1ccccc1N=Nc1ccccc1. The lowest BCUT2D eigenvalue weighted by Crippen LogP contribution is -2.13. The summed E-state index contributed by atoms with van der Waals surface area (Å²) in [6, 6.07) is 24.3. The lowest BCUT2D eigenvalue weighted by molar-refractivity contribution is 0.102. The summed E-state index contributed by atoms with van der Waals surface area (Å²) in [5.41, 5.74) is 3.58. The second kappa shape index (κ2) is 7.33. The van der Waals surface area contributed by atoms with Crippen molar-refractivity contribution in [3.8, 4) is 0 Å². The van der Waals surface area contributed by atoms with E-state index < -0.39 is 0 Å². The van der Waals surface area contributed by atoms with E-state index in [4.69, 9.17) is 0 Å². The van der Waals surface area contributed by atoms with Gasteiger partial charge >= 0.3 is 0 Å². The van der Waals surface area contributed by atoms with Gasteiger partial charge in [0.1, 0.15) is 5.69 Å². The molecule has 0 aliphatic heterocycles. The Bertz CT molecular complexity index is 873. The molecule has 118 valence electrons. The maximum absolute atomic E-state index is 12.5. The van der Waals surface area contributed by atoms with E-state index >= 15 is 0 Å². The van der Waals surface area contributed by atoms with Crippen LogP contribution in [0, 0.1) is 6.92 Å². The van der Waals surface area contributed by atoms with E-state index in [1.165, 1.54) is 0 Å². The fraction of sp³-hybridized carbons (Fsp3) is 0.0500. The average molecular weight is 315 g/mol. The molecule has 24 heavy (non-hydrogen) atoms. The molecule has 0 saturated carbocycles. The third kappa shape index (κ3) is 3.73. The number of carbonyl (C=O) groups excluding carboxylic acids is 1. The van der Waals surface area contributed by atoms with E-state index in [1.54, 1.807) is 6.07 Å². The highest BCUT2D eigenvalue weighted by Crippen LogP contribution is 2.27. The number of hydrogen-bond acceptors (Lipinski definition) is 3. The van der Waals surface area contributed by atoms with Gasteiger partial charge in [0.2, 0.25) is 0 Å². The van der Waals surface area contributed by atoms with Crippen LogP contribution in [-0.2, 0) is 0 Å². The van der Waals surface area contributed by atoms with Gasteiger partial charge in [-0.3, -0.25) is 4.79 Å². The normalized spacial score (nSPS) is 10.7. The van der Waals surface area contributed by atoms with Gasteiger partial charge in [-0.25, -0.2) is 0 Å². The molecule has 0 aliphatic rings. The minimum absolute atomic E-state index is 0.157. The topological polar surface area (TPSA) is 53.8 Å². The van der Waals surface area contributed by atoms with Gasteiger partial charge in [0, 0.05) is 5.56 Å². The molecule has 1 N–H and O–H groups in total. The fourth-order valence-corrected chi connectivity index (χ4v) is 2.29. The molecular weight excluding hydrogens is 298 g/mol. The summed E-state index contributed by atoms with van der Waals surface area (Å²) in [5, 5.41) is 11.4. The minimum atomic E-state index is -0.157. The third-order valence-corrected chi connectivity index (χ3v) is 3.57. The number of nitrogens with one attached hydrogen (secondary N) is 1. The Labute approximate surface area is 140 Å². The first-order chi connectivity index (χ1) is 11.7. The van der Waals surface area contributed by atoms with Gasteiger partial charge in [-0.15, -0.1) is 5.11 Å². The van der Waals surface area contributed by atoms with Crippen molar-refractivity contribution in [1.82, 2.24) is 0 Å². The van der Waals surface area contributed by atoms with E-state index in [9.17, 15) is 4.79 Å². The van der Waals surface area contributed by atoms with Gasteiger partial charge in [-0.2, -0.15) is 5.11 Å². The Hall–Kier alpha value is -3.27. The van der Waals surface area contributed by atoms with E-state index in [1.807, 2.05) is 79.7 Å². The lowest BCUT2D eigenvalue weighted by Gasteiger charge is -2.09. The summed E-state index contributed by atoms with van der Waals surface area (Å²) in [4.78, 5) is 12.5. The molecule has 0 unspecified atom stereocenters. The Morgan fingerprint density at radius 2 is 1.46 bits per heavy atom. The van der Waals surface area contributed by atoms with Crippen molar-refractivity contribution in [2.75, 3.05) is 5.32 Å². The first kappa shape index (κ1) is 15.6. The molecule has 0 atom stereocenters. The highest BCUT2D eigenvalue weighted by atomic mass is 16.1. The van der Waals surface area contributed by atoms with Crippen LogP contribution in [0.1, 0.15) is 15.9 Å². The van der Waals surface area contributed by atoms with Gasteiger partial charge in [-0.1, -0.05) is 48.5 Å². The maximum Gasteiger partial charge on any atom is 0.255 e. The van der Waals surface area contributed by atoms with Crippen LogP contribution < -0.4 is 5.32 Å². The first-order valence-electron chi connectivity index (χ1n) is 7.67. The van der Waals surface area contributed by atoms with E-state index in [0.717, 1.165) is 11.3 Å². The van der Waals surface area contributed by atoms with Gasteiger partial charge < -0.3 is 5.32 Å². The van der Waals surface area contributed by atoms with Crippen molar-refractivity contribution in [3.05, 3.63) is 90.0 Å². The zero-order chi connectivity index (χ0) is 16.8. The molecule has 0 aromatic heterocycles. The molecule has 0 saturated heterocycles. The highest BCUT2D eigenvalue weighted by molar-refractivity contribution is 6.06. The van der Waals surface area contributed by atoms with Crippen LogP contribution in [-0.4, -0.2) is 5.91 Å². The molecule has 3 aromatic rings. The summed E-state index contributed by atoms with van der Waals surface area (Å²) >= 11 is 0. The van der Waals surface area contributed by atoms with E-state index in [-0.39, 0.29) is 5.91 Å². The summed E-state index contributed by atoms with van der Waals surface area (Å²) < 4.78 is 0. The average Bonchev–Trinajstić information content (AvgIpc) is 2.62. The third-order valence-electron chi connectivity index (χ3n) is 3.57. The molecule has 4 nitrogen and oxygen atoms in total. The van der Waals surface area contributed by atoms with E-state index in [2.05, 4.69) is 15.5 Å². The van der Waals surface area contributed by atoms with Crippen molar-refractivity contribution in [1.29, 1.82) is 0 Å². The van der Waals surface area contributed by atoms with Crippen molar-refractivity contribution < 1.29 is 4.79 Å². The number of carbonyl (C=O) groups is 1. The quantitative estimate of drug-likeness (QED) is 0.620. The molecular formula is C20H17N3O. The monoisotopic (exact) mass is 315 g/mol.